The summed E-state index contributed by atoms with van der Waals surface area (Å²) < 4.78 is 0.821. The second kappa shape index (κ2) is 9.38. The van der Waals surface area contributed by atoms with E-state index >= 15 is 0 Å². The van der Waals surface area contributed by atoms with Crippen molar-refractivity contribution in [3.05, 3.63) is 64.1 Å². The molecule has 144 valence electrons. The fourth-order valence-electron chi connectivity index (χ4n) is 3.17. The van der Waals surface area contributed by atoms with Gasteiger partial charge >= 0.3 is 0 Å². The summed E-state index contributed by atoms with van der Waals surface area (Å²) in [6.07, 6.45) is 0.852. The van der Waals surface area contributed by atoms with E-state index in [1.165, 1.54) is 0 Å². The second-order valence-electron chi connectivity index (χ2n) is 6.57. The van der Waals surface area contributed by atoms with E-state index in [9.17, 15) is 9.59 Å². The molecule has 0 saturated carbocycles. The van der Waals surface area contributed by atoms with Gasteiger partial charge in [-0.2, -0.15) is 5.26 Å². The smallest absolute Gasteiger partial charge is 0.251 e. The molecule has 0 spiro atoms. The lowest BCUT2D eigenvalue weighted by Gasteiger charge is -2.24. The Hall–Kier alpha value is -2.85. The van der Waals surface area contributed by atoms with Crippen LogP contribution in [0.25, 0.3) is 0 Å². The summed E-state index contributed by atoms with van der Waals surface area (Å²) in [5.74, 6) is -0.339. The summed E-state index contributed by atoms with van der Waals surface area (Å²) >= 11 is 3.34. The molecule has 1 aliphatic rings. The normalized spacial score (nSPS) is 14.1. The number of anilines is 1. The predicted molar refractivity (Wildman–Crippen MR) is 111 cm³/mol. The Morgan fingerprint density at radius 3 is 2.57 bits per heavy atom. The molecule has 7 heteroatoms. The number of benzene rings is 2. The highest BCUT2D eigenvalue weighted by Crippen LogP contribution is 2.17. The first kappa shape index (κ1) is 19.9. The van der Waals surface area contributed by atoms with Crippen LogP contribution in [0.5, 0.6) is 0 Å². The maximum atomic E-state index is 12.5. The molecule has 0 bridgehead atoms. The number of nitrogens with one attached hydrogen (secondary N) is 1. The van der Waals surface area contributed by atoms with Crippen LogP contribution >= 0.6 is 15.9 Å². The molecule has 2 aromatic rings. The maximum Gasteiger partial charge on any atom is 0.251 e. The van der Waals surface area contributed by atoms with Crippen molar-refractivity contribution < 1.29 is 9.59 Å². The van der Waals surface area contributed by atoms with E-state index in [0.717, 1.165) is 29.7 Å². The van der Waals surface area contributed by atoms with Crippen LogP contribution in [0.1, 0.15) is 22.3 Å². The molecule has 0 radical (unpaired) electrons. The van der Waals surface area contributed by atoms with Crippen LogP contribution in [-0.2, 0) is 4.79 Å². The van der Waals surface area contributed by atoms with Crippen molar-refractivity contribution in [3.8, 4) is 6.07 Å². The van der Waals surface area contributed by atoms with Gasteiger partial charge in [0.1, 0.15) is 0 Å². The number of carbonyl (C=O) groups is 2. The standard InChI is InChI=1S/C21H21BrN4O2/c22-18-4-1-3-17(13-18)21(28)24-15-20(27)26-10-2-9-25(11-12-26)19-7-5-16(14-23)6-8-19/h1,3-8,13H,2,9-12,15H2,(H,24,28). The zero-order valence-electron chi connectivity index (χ0n) is 15.4. The van der Waals surface area contributed by atoms with E-state index in [1.807, 2.05) is 18.2 Å². The molecule has 1 saturated heterocycles. The summed E-state index contributed by atoms with van der Waals surface area (Å²) in [5, 5.41) is 11.6. The zero-order chi connectivity index (χ0) is 19.9. The van der Waals surface area contributed by atoms with Crippen LogP contribution in [0, 0.1) is 11.3 Å². The van der Waals surface area contributed by atoms with E-state index in [2.05, 4.69) is 32.2 Å². The summed E-state index contributed by atoms with van der Waals surface area (Å²) in [7, 11) is 0. The van der Waals surface area contributed by atoms with Gasteiger partial charge in [0.15, 0.2) is 0 Å². The van der Waals surface area contributed by atoms with Gasteiger partial charge in [-0.05, 0) is 48.9 Å². The molecule has 0 unspecified atom stereocenters. The van der Waals surface area contributed by atoms with Gasteiger partial charge in [0, 0.05) is 41.9 Å². The number of hydrogen-bond acceptors (Lipinski definition) is 4. The monoisotopic (exact) mass is 440 g/mol. The maximum absolute atomic E-state index is 12.5. The summed E-state index contributed by atoms with van der Waals surface area (Å²) in [6, 6.07) is 16.7. The molecular weight excluding hydrogens is 420 g/mol. The number of nitriles is 1. The van der Waals surface area contributed by atoms with Crippen LogP contribution in [0.2, 0.25) is 0 Å². The molecule has 2 amide bonds. The number of hydrogen-bond donors (Lipinski definition) is 1. The van der Waals surface area contributed by atoms with Crippen molar-refractivity contribution in [1.29, 1.82) is 5.26 Å². The van der Waals surface area contributed by atoms with Crippen molar-refractivity contribution >= 4 is 33.4 Å². The number of halogens is 1. The van der Waals surface area contributed by atoms with E-state index in [-0.39, 0.29) is 18.4 Å². The molecule has 1 aliphatic heterocycles. The first-order valence-corrected chi connectivity index (χ1v) is 9.93. The molecule has 28 heavy (non-hydrogen) atoms. The van der Waals surface area contributed by atoms with Crippen molar-refractivity contribution in [2.45, 2.75) is 6.42 Å². The van der Waals surface area contributed by atoms with Gasteiger partial charge in [0.2, 0.25) is 5.91 Å². The number of amides is 2. The molecule has 1 fully saturated rings. The third kappa shape index (κ3) is 5.11. The Balaban J connectivity index is 1.52. The van der Waals surface area contributed by atoms with Gasteiger partial charge < -0.3 is 15.1 Å². The summed E-state index contributed by atoms with van der Waals surface area (Å²) in [4.78, 5) is 28.7. The lowest BCUT2D eigenvalue weighted by molar-refractivity contribution is -0.129. The average molecular weight is 441 g/mol. The quantitative estimate of drug-likeness (QED) is 0.792. The minimum absolute atomic E-state index is 0.0117. The van der Waals surface area contributed by atoms with E-state index in [1.54, 1.807) is 35.2 Å². The van der Waals surface area contributed by atoms with Gasteiger partial charge in [-0.3, -0.25) is 9.59 Å². The van der Waals surface area contributed by atoms with E-state index < -0.39 is 0 Å². The minimum atomic E-state index is -0.260. The highest BCUT2D eigenvalue weighted by atomic mass is 79.9. The average Bonchev–Trinajstić information content (AvgIpc) is 2.98. The zero-order valence-corrected chi connectivity index (χ0v) is 17.0. The van der Waals surface area contributed by atoms with Crippen molar-refractivity contribution in [1.82, 2.24) is 10.2 Å². The van der Waals surface area contributed by atoms with Gasteiger partial charge in [-0.15, -0.1) is 0 Å². The largest absolute Gasteiger partial charge is 0.370 e. The van der Waals surface area contributed by atoms with Crippen molar-refractivity contribution in [2.75, 3.05) is 37.6 Å². The summed E-state index contributed by atoms with van der Waals surface area (Å²) in [6.45, 7) is 2.82. The van der Waals surface area contributed by atoms with Crippen LogP contribution in [0.15, 0.2) is 53.0 Å². The van der Waals surface area contributed by atoms with Gasteiger partial charge in [-0.1, -0.05) is 22.0 Å². The van der Waals surface area contributed by atoms with Crippen LogP contribution in [0.4, 0.5) is 5.69 Å². The van der Waals surface area contributed by atoms with E-state index in [4.69, 9.17) is 5.26 Å². The molecule has 0 aliphatic carbocycles. The molecule has 0 atom stereocenters. The fourth-order valence-corrected chi connectivity index (χ4v) is 3.57. The summed E-state index contributed by atoms with van der Waals surface area (Å²) in [5.41, 5.74) is 2.21. The van der Waals surface area contributed by atoms with Gasteiger partial charge in [-0.25, -0.2) is 0 Å². The fraction of sp³-hybridized carbons (Fsp3) is 0.286. The Bertz CT molecular complexity index is 892. The van der Waals surface area contributed by atoms with Crippen LogP contribution in [-0.4, -0.2) is 49.4 Å². The highest BCUT2D eigenvalue weighted by molar-refractivity contribution is 9.10. The SMILES string of the molecule is N#Cc1ccc(N2CCCN(C(=O)CNC(=O)c3cccc(Br)c3)CC2)cc1. The molecule has 6 nitrogen and oxygen atoms in total. The first-order chi connectivity index (χ1) is 13.6. The van der Waals surface area contributed by atoms with E-state index in [0.29, 0.717) is 24.2 Å². The molecule has 1 N–H and O–H groups in total. The topological polar surface area (TPSA) is 76.4 Å². The number of rotatable bonds is 4. The van der Waals surface area contributed by atoms with Crippen molar-refractivity contribution in [2.24, 2.45) is 0 Å². The third-order valence-corrected chi connectivity index (χ3v) is 5.19. The number of nitrogens with zero attached hydrogens (tertiary/aromatic N) is 3. The van der Waals surface area contributed by atoms with Crippen LogP contribution < -0.4 is 10.2 Å². The van der Waals surface area contributed by atoms with Crippen LogP contribution in [0.3, 0.4) is 0 Å². The molecular formula is C21H21BrN4O2. The minimum Gasteiger partial charge on any atom is -0.370 e. The Kier molecular flexibility index (Phi) is 6.66. The molecule has 0 aromatic heterocycles. The van der Waals surface area contributed by atoms with Gasteiger partial charge in [0.05, 0.1) is 18.2 Å². The Morgan fingerprint density at radius 1 is 1.07 bits per heavy atom. The Morgan fingerprint density at radius 2 is 1.86 bits per heavy atom. The van der Waals surface area contributed by atoms with Gasteiger partial charge in [0.25, 0.3) is 5.91 Å². The van der Waals surface area contributed by atoms with Crippen molar-refractivity contribution in [3.63, 3.8) is 0 Å². The lowest BCUT2D eigenvalue weighted by atomic mass is 10.2. The first-order valence-electron chi connectivity index (χ1n) is 9.13. The third-order valence-electron chi connectivity index (χ3n) is 4.70. The second-order valence-corrected chi connectivity index (χ2v) is 7.49. The molecule has 2 aromatic carbocycles. The molecule has 3 rings (SSSR count). The Labute approximate surface area is 172 Å². The number of carbonyl (C=O) groups excluding carboxylic acids is 2. The lowest BCUT2D eigenvalue weighted by Crippen LogP contribution is -2.42. The highest BCUT2D eigenvalue weighted by Gasteiger charge is 2.20. The molecule has 1 heterocycles. The predicted octanol–water partition coefficient (Wildman–Crippen LogP) is 2.79.